The zero-order valence-corrected chi connectivity index (χ0v) is 9.07. The average Bonchev–Trinajstić information content (AvgIpc) is 2.70. The quantitative estimate of drug-likeness (QED) is 0.821. The number of nitrogens with two attached hydrogens (primary N) is 1. The maximum atomic E-state index is 5.75. The van der Waals surface area contributed by atoms with E-state index in [-0.39, 0.29) is 6.10 Å². The molecule has 2 heterocycles. The first-order valence-corrected chi connectivity index (χ1v) is 5.54. The Morgan fingerprint density at radius 3 is 3.07 bits per heavy atom. The molecule has 2 rings (SSSR count). The van der Waals surface area contributed by atoms with Crippen molar-refractivity contribution < 1.29 is 4.74 Å². The van der Waals surface area contributed by atoms with E-state index in [0.717, 1.165) is 43.8 Å². The van der Waals surface area contributed by atoms with Crippen LogP contribution in [-0.4, -0.2) is 16.6 Å². The van der Waals surface area contributed by atoms with E-state index in [4.69, 9.17) is 10.5 Å². The van der Waals surface area contributed by atoms with E-state index in [2.05, 4.69) is 16.9 Å². The van der Waals surface area contributed by atoms with Gasteiger partial charge in [-0.2, -0.15) is 0 Å². The Morgan fingerprint density at radius 1 is 1.53 bits per heavy atom. The molecule has 1 aromatic rings. The van der Waals surface area contributed by atoms with Crippen molar-refractivity contribution in [1.29, 1.82) is 0 Å². The maximum absolute atomic E-state index is 5.75. The summed E-state index contributed by atoms with van der Waals surface area (Å²) in [5.41, 5.74) is 6.77. The molecule has 1 atom stereocenters. The van der Waals surface area contributed by atoms with Crippen molar-refractivity contribution in [3.05, 3.63) is 17.6 Å². The van der Waals surface area contributed by atoms with Crippen LogP contribution in [0.4, 0.5) is 5.82 Å². The summed E-state index contributed by atoms with van der Waals surface area (Å²) in [6.45, 7) is 2.94. The Kier molecular flexibility index (Phi) is 3.16. The number of anilines is 1. The lowest BCUT2D eigenvalue weighted by molar-refractivity contribution is 0.105. The largest absolute Gasteiger partial charge is 0.384 e. The van der Waals surface area contributed by atoms with E-state index in [1.54, 1.807) is 0 Å². The van der Waals surface area contributed by atoms with Crippen LogP contribution in [0.15, 0.2) is 6.07 Å². The highest BCUT2D eigenvalue weighted by molar-refractivity contribution is 5.30. The van der Waals surface area contributed by atoms with Crippen molar-refractivity contribution >= 4 is 5.82 Å². The summed E-state index contributed by atoms with van der Waals surface area (Å²) in [6.07, 6.45) is 4.18. The van der Waals surface area contributed by atoms with Crippen molar-refractivity contribution in [2.24, 2.45) is 0 Å². The van der Waals surface area contributed by atoms with Gasteiger partial charge in [0.25, 0.3) is 0 Å². The Balaban J connectivity index is 2.22. The standard InChI is InChI=1S/C11H17N3O/c1-2-4-8-7-10(12)14-11(13-8)9-5-3-6-15-9/h7,9H,2-6H2,1H3,(H2,12,13,14). The van der Waals surface area contributed by atoms with Crippen molar-refractivity contribution in [3.63, 3.8) is 0 Å². The summed E-state index contributed by atoms with van der Waals surface area (Å²) in [5, 5.41) is 0. The van der Waals surface area contributed by atoms with Crippen molar-refractivity contribution in [2.75, 3.05) is 12.3 Å². The van der Waals surface area contributed by atoms with Gasteiger partial charge >= 0.3 is 0 Å². The number of nitrogens with zero attached hydrogens (tertiary/aromatic N) is 2. The number of aryl methyl sites for hydroxylation is 1. The van der Waals surface area contributed by atoms with Gasteiger partial charge in [0.05, 0.1) is 0 Å². The van der Waals surface area contributed by atoms with Gasteiger partial charge in [0.1, 0.15) is 11.9 Å². The molecular formula is C11H17N3O. The first-order valence-electron chi connectivity index (χ1n) is 5.54. The fraction of sp³-hybridized carbons (Fsp3) is 0.636. The summed E-state index contributed by atoms with van der Waals surface area (Å²) in [7, 11) is 0. The minimum Gasteiger partial charge on any atom is -0.384 e. The Bertz CT molecular complexity index is 335. The molecule has 1 aliphatic heterocycles. The van der Waals surface area contributed by atoms with Gasteiger partial charge in [-0.1, -0.05) is 13.3 Å². The highest BCUT2D eigenvalue weighted by Gasteiger charge is 2.21. The lowest BCUT2D eigenvalue weighted by Crippen LogP contribution is -2.07. The zero-order valence-electron chi connectivity index (χ0n) is 9.07. The van der Waals surface area contributed by atoms with E-state index in [1.807, 2.05) is 6.07 Å². The number of aromatic nitrogens is 2. The predicted octanol–water partition coefficient (Wildman–Crippen LogP) is 1.86. The van der Waals surface area contributed by atoms with E-state index in [9.17, 15) is 0 Å². The molecule has 1 fully saturated rings. The number of nitrogen functional groups attached to an aromatic ring is 1. The van der Waals surface area contributed by atoms with Crippen LogP contribution in [0.25, 0.3) is 0 Å². The van der Waals surface area contributed by atoms with Gasteiger partial charge in [-0.3, -0.25) is 0 Å². The van der Waals surface area contributed by atoms with Gasteiger partial charge < -0.3 is 10.5 Å². The Morgan fingerprint density at radius 2 is 2.40 bits per heavy atom. The molecule has 1 saturated heterocycles. The van der Waals surface area contributed by atoms with Crippen LogP contribution >= 0.6 is 0 Å². The van der Waals surface area contributed by atoms with Gasteiger partial charge in [-0.25, -0.2) is 9.97 Å². The van der Waals surface area contributed by atoms with Crippen LogP contribution in [0.1, 0.15) is 43.8 Å². The second-order valence-corrected chi connectivity index (χ2v) is 3.89. The number of ether oxygens (including phenoxy) is 1. The van der Waals surface area contributed by atoms with Crippen molar-refractivity contribution in [1.82, 2.24) is 9.97 Å². The van der Waals surface area contributed by atoms with Gasteiger partial charge in [-0.05, 0) is 19.3 Å². The molecule has 0 radical (unpaired) electrons. The molecule has 1 unspecified atom stereocenters. The third-order valence-electron chi connectivity index (χ3n) is 2.54. The van der Waals surface area contributed by atoms with Crippen LogP contribution in [0, 0.1) is 0 Å². The van der Waals surface area contributed by atoms with E-state index in [1.165, 1.54) is 0 Å². The monoisotopic (exact) mass is 207 g/mol. The van der Waals surface area contributed by atoms with E-state index >= 15 is 0 Å². The SMILES string of the molecule is CCCc1cc(N)nc(C2CCCO2)n1. The summed E-state index contributed by atoms with van der Waals surface area (Å²) in [4.78, 5) is 8.73. The van der Waals surface area contributed by atoms with Gasteiger partial charge in [0.15, 0.2) is 5.82 Å². The molecule has 0 aliphatic carbocycles. The lowest BCUT2D eigenvalue weighted by Gasteiger charge is -2.10. The first kappa shape index (κ1) is 10.4. The third kappa shape index (κ3) is 2.45. The maximum Gasteiger partial charge on any atom is 0.159 e. The molecule has 1 aliphatic rings. The smallest absolute Gasteiger partial charge is 0.159 e. The fourth-order valence-electron chi connectivity index (χ4n) is 1.85. The molecule has 0 bridgehead atoms. The minimum absolute atomic E-state index is 0.0594. The molecule has 4 nitrogen and oxygen atoms in total. The van der Waals surface area contributed by atoms with E-state index < -0.39 is 0 Å². The Hall–Kier alpha value is -1.16. The topological polar surface area (TPSA) is 61.0 Å². The molecule has 1 aromatic heterocycles. The normalized spacial score (nSPS) is 20.7. The third-order valence-corrected chi connectivity index (χ3v) is 2.54. The number of rotatable bonds is 3. The van der Waals surface area contributed by atoms with Gasteiger partial charge in [-0.15, -0.1) is 0 Å². The molecular weight excluding hydrogens is 190 g/mol. The molecule has 0 spiro atoms. The molecule has 0 amide bonds. The number of hydrogen-bond acceptors (Lipinski definition) is 4. The molecule has 2 N–H and O–H groups in total. The van der Waals surface area contributed by atoms with Crippen molar-refractivity contribution in [3.8, 4) is 0 Å². The molecule has 0 aromatic carbocycles. The van der Waals surface area contributed by atoms with Crippen LogP contribution in [0.2, 0.25) is 0 Å². The highest BCUT2D eigenvalue weighted by atomic mass is 16.5. The van der Waals surface area contributed by atoms with Crippen LogP contribution in [0.3, 0.4) is 0 Å². The van der Waals surface area contributed by atoms with Gasteiger partial charge in [0.2, 0.25) is 0 Å². The lowest BCUT2D eigenvalue weighted by atomic mass is 10.2. The summed E-state index contributed by atoms with van der Waals surface area (Å²) in [5.74, 6) is 1.31. The average molecular weight is 207 g/mol. The summed E-state index contributed by atoms with van der Waals surface area (Å²) in [6, 6.07) is 1.85. The molecule has 4 heteroatoms. The van der Waals surface area contributed by atoms with Crippen molar-refractivity contribution in [2.45, 2.75) is 38.7 Å². The highest BCUT2D eigenvalue weighted by Crippen LogP contribution is 2.26. The second-order valence-electron chi connectivity index (χ2n) is 3.89. The molecule has 82 valence electrons. The minimum atomic E-state index is 0.0594. The summed E-state index contributed by atoms with van der Waals surface area (Å²) >= 11 is 0. The molecule has 15 heavy (non-hydrogen) atoms. The number of hydrogen-bond donors (Lipinski definition) is 1. The van der Waals surface area contributed by atoms with Crippen LogP contribution < -0.4 is 5.73 Å². The van der Waals surface area contributed by atoms with Crippen LogP contribution in [-0.2, 0) is 11.2 Å². The first-order chi connectivity index (χ1) is 7.29. The molecule has 0 saturated carbocycles. The Labute approximate surface area is 89.9 Å². The zero-order chi connectivity index (χ0) is 10.7. The predicted molar refractivity (Wildman–Crippen MR) is 58.4 cm³/mol. The van der Waals surface area contributed by atoms with Gasteiger partial charge in [0, 0.05) is 18.4 Å². The van der Waals surface area contributed by atoms with Crippen LogP contribution in [0.5, 0.6) is 0 Å². The fourth-order valence-corrected chi connectivity index (χ4v) is 1.85. The van der Waals surface area contributed by atoms with E-state index in [0.29, 0.717) is 5.82 Å². The summed E-state index contributed by atoms with van der Waals surface area (Å²) < 4.78 is 5.55. The second kappa shape index (κ2) is 4.57.